The molecule has 4 rings (SSSR count). The van der Waals surface area contributed by atoms with Gasteiger partial charge >= 0.3 is 0 Å². The van der Waals surface area contributed by atoms with Crippen molar-refractivity contribution in [3.63, 3.8) is 0 Å². The summed E-state index contributed by atoms with van der Waals surface area (Å²) in [4.78, 5) is 12.4. The average molecular weight is 485 g/mol. The topological polar surface area (TPSA) is 101 Å². The van der Waals surface area contributed by atoms with Crippen molar-refractivity contribution in [3.05, 3.63) is 90.0 Å². The van der Waals surface area contributed by atoms with E-state index < -0.39 is 31.5 Å². The van der Waals surface area contributed by atoms with E-state index in [-0.39, 0.29) is 10.6 Å². The fourth-order valence-corrected chi connectivity index (χ4v) is 6.68. The largest absolute Gasteiger partial charge is 0.325 e. The second-order valence-electron chi connectivity index (χ2n) is 7.90. The lowest BCUT2D eigenvalue weighted by atomic mass is 10.0. The smallest absolute Gasteiger partial charge is 0.264 e. The van der Waals surface area contributed by atoms with Crippen molar-refractivity contribution in [2.75, 3.05) is 21.9 Å². The Bertz CT molecular complexity index is 1350. The Labute approximate surface area is 194 Å². The molecule has 1 heterocycles. The van der Waals surface area contributed by atoms with Gasteiger partial charge in [-0.2, -0.15) is 0 Å². The molecule has 0 bridgehead atoms. The molecule has 0 saturated heterocycles. The highest BCUT2D eigenvalue weighted by Crippen LogP contribution is 2.32. The van der Waals surface area contributed by atoms with Crippen molar-refractivity contribution in [1.29, 1.82) is 0 Å². The Hall–Kier alpha value is -3.17. The number of anilines is 2. The van der Waals surface area contributed by atoms with Crippen LogP contribution in [-0.4, -0.2) is 35.0 Å². The molecular weight excluding hydrogens is 460 g/mol. The van der Waals surface area contributed by atoms with E-state index >= 15 is 0 Å². The van der Waals surface area contributed by atoms with Gasteiger partial charge in [0.2, 0.25) is 5.91 Å². The van der Waals surface area contributed by atoms with Crippen LogP contribution in [0.2, 0.25) is 0 Å². The predicted molar refractivity (Wildman–Crippen MR) is 128 cm³/mol. The second kappa shape index (κ2) is 9.36. The van der Waals surface area contributed by atoms with Gasteiger partial charge in [-0.05, 0) is 54.3 Å². The maximum atomic E-state index is 13.2. The maximum absolute atomic E-state index is 13.2. The molecule has 0 saturated carbocycles. The molecule has 0 atom stereocenters. The summed E-state index contributed by atoms with van der Waals surface area (Å²) in [5, 5.41) is 2.53. The molecule has 0 unspecified atom stereocenters. The van der Waals surface area contributed by atoms with Crippen molar-refractivity contribution in [1.82, 2.24) is 0 Å². The number of rotatable bonds is 7. The fraction of sp³-hybridized carbons (Fsp3) is 0.208. The van der Waals surface area contributed by atoms with Crippen LogP contribution in [-0.2, 0) is 36.8 Å². The van der Waals surface area contributed by atoms with Gasteiger partial charge in [-0.3, -0.25) is 9.10 Å². The van der Waals surface area contributed by atoms with Gasteiger partial charge in [0.05, 0.1) is 16.3 Å². The number of fused-ring (bicyclic) bond motifs is 1. The Morgan fingerprint density at radius 3 is 2.24 bits per heavy atom. The summed E-state index contributed by atoms with van der Waals surface area (Å²) >= 11 is 0. The summed E-state index contributed by atoms with van der Waals surface area (Å²) in [5.41, 5.74) is 2.62. The van der Waals surface area contributed by atoms with E-state index in [1.807, 2.05) is 18.2 Å². The third-order valence-electron chi connectivity index (χ3n) is 5.37. The number of nitrogens with one attached hydrogen (secondary N) is 1. The molecule has 7 nitrogen and oxygen atoms in total. The van der Waals surface area contributed by atoms with Gasteiger partial charge in [-0.15, -0.1) is 0 Å². The van der Waals surface area contributed by atoms with Crippen LogP contribution in [0.25, 0.3) is 0 Å². The van der Waals surface area contributed by atoms with Crippen molar-refractivity contribution >= 4 is 37.1 Å². The number of sulfone groups is 1. The molecule has 1 aliphatic heterocycles. The number of nitrogens with zero attached hydrogens (tertiary/aromatic N) is 1. The SMILES string of the molecule is O=C(CS(=O)(=O)Cc1ccccc1)Nc1ccc(S(=O)(=O)N2CCCc3ccccc32)cc1. The third kappa shape index (κ3) is 5.43. The zero-order chi connectivity index (χ0) is 23.5. The Balaban J connectivity index is 1.44. The molecule has 0 aliphatic carbocycles. The van der Waals surface area contributed by atoms with Crippen LogP contribution in [0.15, 0.2) is 83.8 Å². The molecule has 33 heavy (non-hydrogen) atoms. The van der Waals surface area contributed by atoms with Gasteiger partial charge in [0.1, 0.15) is 5.75 Å². The summed E-state index contributed by atoms with van der Waals surface area (Å²) in [6.07, 6.45) is 1.57. The lowest BCUT2D eigenvalue weighted by Gasteiger charge is -2.30. The maximum Gasteiger partial charge on any atom is 0.264 e. The molecule has 0 spiro atoms. The van der Waals surface area contributed by atoms with Crippen molar-refractivity contribution < 1.29 is 21.6 Å². The molecule has 3 aromatic carbocycles. The van der Waals surface area contributed by atoms with Crippen LogP contribution in [0.3, 0.4) is 0 Å². The number of carbonyl (C=O) groups is 1. The van der Waals surface area contributed by atoms with E-state index in [0.29, 0.717) is 23.5 Å². The van der Waals surface area contributed by atoms with Crippen LogP contribution in [0, 0.1) is 0 Å². The number of amides is 1. The molecule has 9 heteroatoms. The molecule has 0 radical (unpaired) electrons. The lowest BCUT2D eigenvalue weighted by molar-refractivity contribution is -0.113. The van der Waals surface area contributed by atoms with E-state index in [0.717, 1.165) is 18.4 Å². The molecule has 0 fully saturated rings. The molecule has 1 aliphatic rings. The Morgan fingerprint density at radius 2 is 1.52 bits per heavy atom. The van der Waals surface area contributed by atoms with Gasteiger partial charge in [-0.1, -0.05) is 48.5 Å². The first-order valence-corrected chi connectivity index (χ1v) is 13.8. The highest BCUT2D eigenvalue weighted by Gasteiger charge is 2.28. The number of para-hydroxylation sites is 1. The van der Waals surface area contributed by atoms with Crippen molar-refractivity contribution in [3.8, 4) is 0 Å². The minimum atomic E-state index is -3.76. The molecule has 172 valence electrons. The molecule has 1 N–H and O–H groups in total. The van der Waals surface area contributed by atoms with Crippen molar-refractivity contribution in [2.24, 2.45) is 0 Å². The van der Waals surface area contributed by atoms with Gasteiger partial charge in [0.25, 0.3) is 10.0 Å². The summed E-state index contributed by atoms with van der Waals surface area (Å²) in [7, 11) is -7.40. The van der Waals surface area contributed by atoms with E-state index in [9.17, 15) is 21.6 Å². The number of hydrogen-bond acceptors (Lipinski definition) is 5. The highest BCUT2D eigenvalue weighted by atomic mass is 32.2. The van der Waals surface area contributed by atoms with Crippen LogP contribution < -0.4 is 9.62 Å². The Morgan fingerprint density at radius 1 is 0.848 bits per heavy atom. The van der Waals surface area contributed by atoms with E-state index in [1.165, 1.54) is 28.6 Å². The molecule has 3 aromatic rings. The third-order valence-corrected chi connectivity index (χ3v) is 8.68. The van der Waals surface area contributed by atoms with E-state index in [2.05, 4.69) is 5.32 Å². The number of benzene rings is 3. The summed E-state index contributed by atoms with van der Waals surface area (Å²) in [6.45, 7) is 0.400. The van der Waals surface area contributed by atoms with Crippen LogP contribution in [0.4, 0.5) is 11.4 Å². The monoisotopic (exact) mass is 484 g/mol. The first-order chi connectivity index (χ1) is 15.7. The minimum Gasteiger partial charge on any atom is -0.325 e. The lowest BCUT2D eigenvalue weighted by Crippen LogP contribution is -2.35. The van der Waals surface area contributed by atoms with E-state index in [4.69, 9.17) is 0 Å². The highest BCUT2D eigenvalue weighted by molar-refractivity contribution is 7.92. The standard InChI is InChI=1S/C24H24N2O5S2/c27-24(18-32(28,29)17-19-7-2-1-3-8-19)25-21-12-14-22(15-13-21)33(30,31)26-16-6-10-20-9-4-5-11-23(20)26/h1-5,7-9,11-15H,6,10,16-18H2,(H,25,27). The van der Waals surface area contributed by atoms with Gasteiger partial charge < -0.3 is 5.32 Å². The predicted octanol–water partition coefficient (Wildman–Crippen LogP) is 3.38. The molecular formula is C24H24N2O5S2. The Kier molecular flexibility index (Phi) is 6.53. The van der Waals surface area contributed by atoms with Crippen LogP contribution in [0.1, 0.15) is 17.5 Å². The minimum absolute atomic E-state index is 0.105. The first-order valence-electron chi connectivity index (χ1n) is 10.5. The normalized spacial score (nSPS) is 13.9. The summed E-state index contributed by atoms with van der Waals surface area (Å²) < 4.78 is 52.5. The van der Waals surface area contributed by atoms with E-state index in [1.54, 1.807) is 36.4 Å². The van der Waals surface area contributed by atoms with Gasteiger partial charge in [0.15, 0.2) is 9.84 Å². The van der Waals surface area contributed by atoms with Crippen LogP contribution >= 0.6 is 0 Å². The zero-order valence-corrected chi connectivity index (χ0v) is 19.5. The van der Waals surface area contributed by atoms with Crippen LogP contribution in [0.5, 0.6) is 0 Å². The number of aryl methyl sites for hydroxylation is 1. The number of hydrogen-bond donors (Lipinski definition) is 1. The number of sulfonamides is 1. The summed E-state index contributed by atoms with van der Waals surface area (Å²) in [6, 6.07) is 21.9. The number of carbonyl (C=O) groups excluding carboxylic acids is 1. The van der Waals surface area contributed by atoms with Gasteiger partial charge in [0, 0.05) is 12.2 Å². The fourth-order valence-electron chi connectivity index (χ4n) is 3.86. The first kappa shape index (κ1) is 23.0. The van der Waals surface area contributed by atoms with Gasteiger partial charge in [-0.25, -0.2) is 16.8 Å². The quantitative estimate of drug-likeness (QED) is 0.554. The zero-order valence-electron chi connectivity index (χ0n) is 17.8. The van der Waals surface area contributed by atoms with Crippen molar-refractivity contribution in [2.45, 2.75) is 23.5 Å². The molecule has 0 aromatic heterocycles. The summed E-state index contributed by atoms with van der Waals surface area (Å²) in [5.74, 6) is -1.56. The molecule has 1 amide bonds. The second-order valence-corrected chi connectivity index (χ2v) is 11.8. The average Bonchev–Trinajstić information content (AvgIpc) is 2.79.